The molecule has 13 nitrogen and oxygen atoms in total. The van der Waals surface area contributed by atoms with E-state index in [4.69, 9.17) is 37.3 Å². The van der Waals surface area contributed by atoms with Gasteiger partial charge in [0.2, 0.25) is 11.4 Å². The molecule has 408 valence electrons. The van der Waals surface area contributed by atoms with Crippen LogP contribution in [0.3, 0.4) is 0 Å². The van der Waals surface area contributed by atoms with Gasteiger partial charge in [0, 0.05) is 52.0 Å². The van der Waals surface area contributed by atoms with Gasteiger partial charge >= 0.3 is 5.97 Å². The van der Waals surface area contributed by atoms with Crippen molar-refractivity contribution in [2.24, 2.45) is 29.6 Å². The van der Waals surface area contributed by atoms with Crippen LogP contribution in [0, 0.1) is 29.6 Å². The molecule has 5 rings (SSSR count). The number of carbonyl (C=O) groups excluding carboxylic acids is 3. The lowest BCUT2D eigenvalue weighted by molar-refractivity contribution is -0.340. The van der Waals surface area contributed by atoms with Gasteiger partial charge < -0.3 is 47.3 Å². The summed E-state index contributed by atoms with van der Waals surface area (Å²) in [5.41, 5.74) is 0.247. The van der Waals surface area contributed by atoms with E-state index in [9.17, 15) is 9.90 Å². The molecule has 1 spiro atoms. The van der Waals surface area contributed by atoms with E-state index < -0.39 is 88.3 Å². The molecule has 1 saturated carbocycles. The number of piperidine rings is 1. The molecular weight excluding hydrogens is 935 g/mol. The second-order valence-electron chi connectivity index (χ2n) is 25.6. The Labute approximate surface area is 431 Å². The topological polar surface area (TPSA) is 152 Å². The zero-order chi connectivity index (χ0) is 53.2. The van der Waals surface area contributed by atoms with Crippen LogP contribution >= 0.6 is 0 Å². The van der Waals surface area contributed by atoms with Crippen molar-refractivity contribution >= 4 is 34.3 Å². The standard InChI is InChI=1S/C56H99NO12Si2/c1-20-41-28-35(2)27-36(3)29-47(63-14)50-48(64-15)31-38(5)56(61,67-50)55(34-65-55)52(60)57-26-22-21-23-42(57)51(59)66-49(39(6)45(33-43(41)58)69-71(18,19)54(10,11)12)37(4)30-40-24-25-44(46(32-40)62-13)68-70(16,17)53(7,8)9/h28,30,36,38-42,44-50,61H,20-27,29,31-34H2,1-19H3/b35-28+,37-30+/t36-,38+,39-,40-,41+,42-,44+,45-,46+,47?,48-,49+,50+,55+,56+/m0/s1. The first-order valence-electron chi connectivity index (χ1n) is 27.3. The molecule has 0 aromatic rings. The fourth-order valence-corrected chi connectivity index (χ4v) is 14.3. The molecule has 0 radical (unpaired) electrons. The number of ether oxygens (including phenoxy) is 6. The molecule has 1 amide bonds. The van der Waals surface area contributed by atoms with E-state index in [1.54, 1.807) is 26.2 Å². The smallest absolute Gasteiger partial charge is 0.329 e. The Kier molecular flexibility index (Phi) is 20.0. The lowest BCUT2D eigenvalue weighted by atomic mass is 9.78. The molecule has 1 N–H and O–H groups in total. The summed E-state index contributed by atoms with van der Waals surface area (Å²) in [4.78, 5) is 46.9. The Hall–Kier alpha value is -1.80. The largest absolute Gasteiger partial charge is 0.456 e. The van der Waals surface area contributed by atoms with E-state index in [0.717, 1.165) is 30.4 Å². The number of hydrogen-bond donors (Lipinski definition) is 1. The van der Waals surface area contributed by atoms with Crippen LogP contribution in [0.5, 0.6) is 0 Å². The minimum absolute atomic E-state index is 0.0140. The summed E-state index contributed by atoms with van der Waals surface area (Å²) in [6, 6.07) is -0.939. The molecule has 2 bridgehead atoms. The third-order valence-corrected chi connectivity index (χ3v) is 27.2. The van der Waals surface area contributed by atoms with Crippen molar-refractivity contribution in [3.63, 3.8) is 0 Å². The van der Waals surface area contributed by atoms with E-state index in [2.05, 4.69) is 108 Å². The van der Waals surface area contributed by atoms with Gasteiger partial charge in [-0.1, -0.05) is 87.0 Å². The van der Waals surface area contributed by atoms with Gasteiger partial charge in [0.25, 0.3) is 5.91 Å². The highest BCUT2D eigenvalue weighted by molar-refractivity contribution is 6.74. The summed E-state index contributed by atoms with van der Waals surface area (Å²) in [5.74, 6) is -4.05. The van der Waals surface area contributed by atoms with Crippen molar-refractivity contribution in [1.29, 1.82) is 0 Å². The third-order valence-electron chi connectivity index (χ3n) is 18.2. The number of cyclic esters (lactones) is 1. The quantitative estimate of drug-likeness (QED) is 0.0959. The van der Waals surface area contributed by atoms with Gasteiger partial charge in [-0.3, -0.25) is 9.59 Å². The van der Waals surface area contributed by atoms with Crippen LogP contribution in [0.4, 0.5) is 0 Å². The molecule has 1 aliphatic carbocycles. The Morgan fingerprint density at radius 2 is 1.39 bits per heavy atom. The predicted octanol–water partition coefficient (Wildman–Crippen LogP) is 10.7. The maximum Gasteiger partial charge on any atom is 0.329 e. The summed E-state index contributed by atoms with van der Waals surface area (Å²) in [5, 5.41) is 12.7. The summed E-state index contributed by atoms with van der Waals surface area (Å²) < 4.78 is 52.4. The molecule has 5 aliphatic rings. The fraction of sp³-hybridized carbons (Fsp3) is 0.875. The van der Waals surface area contributed by atoms with Crippen LogP contribution in [-0.2, 0) is 51.7 Å². The minimum atomic E-state index is -2.51. The Bertz CT molecular complexity index is 1890. The number of esters is 1. The number of amides is 1. The summed E-state index contributed by atoms with van der Waals surface area (Å²) in [6.07, 6.45) is 8.00. The average Bonchev–Trinajstić information content (AvgIpc) is 4.11. The number of allylic oxidation sites excluding steroid dienone is 3. The van der Waals surface area contributed by atoms with Gasteiger partial charge in [-0.25, -0.2) is 4.79 Å². The Morgan fingerprint density at radius 1 is 0.817 bits per heavy atom. The number of fused-ring (bicyclic) bond motifs is 4. The molecule has 0 aromatic carbocycles. The van der Waals surface area contributed by atoms with Crippen LogP contribution in [-0.4, -0.2) is 139 Å². The lowest BCUT2D eigenvalue weighted by Gasteiger charge is -2.50. The molecule has 4 heterocycles. The van der Waals surface area contributed by atoms with E-state index in [1.165, 1.54) is 0 Å². The molecule has 15 atom stereocenters. The first-order chi connectivity index (χ1) is 32.9. The highest BCUT2D eigenvalue weighted by Crippen LogP contribution is 2.52. The van der Waals surface area contributed by atoms with Crippen LogP contribution in [0.25, 0.3) is 0 Å². The molecule has 71 heavy (non-hydrogen) atoms. The van der Waals surface area contributed by atoms with Crippen LogP contribution < -0.4 is 0 Å². The van der Waals surface area contributed by atoms with Crippen LogP contribution in [0.15, 0.2) is 23.3 Å². The number of Topliss-reactive ketones (excluding diaryl/α,β-unsaturated/α-hetero) is 1. The number of ketones is 1. The third kappa shape index (κ3) is 13.4. The molecule has 4 aliphatic heterocycles. The number of epoxide rings is 1. The zero-order valence-corrected chi connectivity index (χ0v) is 49.7. The van der Waals surface area contributed by atoms with Gasteiger partial charge in [0.15, 0.2) is 16.6 Å². The fourth-order valence-electron chi connectivity index (χ4n) is 11.5. The van der Waals surface area contributed by atoms with E-state index in [-0.39, 0.29) is 58.8 Å². The monoisotopic (exact) mass is 1030 g/mol. The van der Waals surface area contributed by atoms with Crippen molar-refractivity contribution in [3.05, 3.63) is 23.3 Å². The molecular formula is C56H99NO12Si2. The van der Waals surface area contributed by atoms with E-state index in [1.807, 2.05) is 13.8 Å². The first kappa shape index (κ1) is 60.1. The molecule has 4 fully saturated rings. The Morgan fingerprint density at radius 3 is 1.94 bits per heavy atom. The average molecular weight is 1030 g/mol. The van der Waals surface area contributed by atoms with Crippen LogP contribution in [0.2, 0.25) is 36.3 Å². The van der Waals surface area contributed by atoms with Crippen molar-refractivity contribution in [1.82, 2.24) is 4.90 Å². The van der Waals surface area contributed by atoms with E-state index in [0.29, 0.717) is 51.5 Å². The lowest BCUT2D eigenvalue weighted by Crippen LogP contribution is -2.68. The zero-order valence-electron chi connectivity index (χ0n) is 47.7. The second-order valence-corrected chi connectivity index (χ2v) is 35.2. The molecule has 1 unspecified atom stereocenters. The maximum atomic E-state index is 15.2. The number of methoxy groups -OCH3 is 3. The normalized spacial score (nSPS) is 39.0. The number of aliphatic hydroxyl groups is 1. The first-order valence-corrected chi connectivity index (χ1v) is 33.1. The molecule has 15 heteroatoms. The Balaban J connectivity index is 1.62. The van der Waals surface area contributed by atoms with Crippen molar-refractivity contribution in [2.75, 3.05) is 34.5 Å². The van der Waals surface area contributed by atoms with Crippen LogP contribution in [0.1, 0.15) is 154 Å². The minimum Gasteiger partial charge on any atom is -0.456 e. The highest BCUT2D eigenvalue weighted by atomic mass is 28.4. The molecule has 3 saturated heterocycles. The van der Waals surface area contributed by atoms with Gasteiger partial charge in [0.1, 0.15) is 24.0 Å². The SMILES string of the molecule is CC[C@@H]1/C=C(\C)C[C@H](C)CC(OC)[C@H]2O[C@](O)([C@H](C)C[C@@H]2OC)[C@@]2(CO2)C(=O)N2CCCC[C@H]2C(=O)O[C@H](/C(C)=C/[C@@H]2CC[C@@H](O[Si](C)(C)C(C)(C)C)[C@H](OC)C2)[C@@H](C)[C@@H](O[Si](C)(C)C(C)(C)C)CC1=O. The summed E-state index contributed by atoms with van der Waals surface area (Å²) in [6.45, 7) is 34.9. The van der Waals surface area contributed by atoms with E-state index >= 15 is 9.59 Å². The van der Waals surface area contributed by atoms with Crippen molar-refractivity contribution < 1.29 is 56.8 Å². The maximum absolute atomic E-state index is 15.2. The van der Waals surface area contributed by atoms with Gasteiger partial charge in [-0.2, -0.15) is 0 Å². The van der Waals surface area contributed by atoms with Crippen molar-refractivity contribution in [3.8, 4) is 0 Å². The number of hydrogen-bond acceptors (Lipinski definition) is 12. The molecule has 0 aromatic heterocycles. The van der Waals surface area contributed by atoms with Gasteiger partial charge in [-0.15, -0.1) is 0 Å². The number of carbonyl (C=O) groups is 3. The van der Waals surface area contributed by atoms with Gasteiger partial charge in [0.05, 0.1) is 37.1 Å². The number of nitrogens with zero attached hydrogens (tertiary/aromatic N) is 1. The van der Waals surface area contributed by atoms with Gasteiger partial charge in [-0.05, 0) is 132 Å². The predicted molar refractivity (Wildman–Crippen MR) is 284 cm³/mol. The second kappa shape index (κ2) is 23.6. The summed E-state index contributed by atoms with van der Waals surface area (Å²) in [7, 11) is 0.456. The number of rotatable bonds is 10. The van der Waals surface area contributed by atoms with Crippen molar-refractivity contribution in [2.45, 2.75) is 250 Å². The highest BCUT2D eigenvalue weighted by Gasteiger charge is 2.73. The summed E-state index contributed by atoms with van der Waals surface area (Å²) >= 11 is 0.